The Morgan fingerprint density at radius 3 is 2.40 bits per heavy atom. The lowest BCUT2D eigenvalue weighted by molar-refractivity contribution is 0.417. The highest BCUT2D eigenvalue weighted by Crippen LogP contribution is 2.71. The lowest BCUT2D eigenvalue weighted by Crippen LogP contribution is -2.18. The van der Waals surface area contributed by atoms with Gasteiger partial charge in [-0.15, -0.1) is 0 Å². The van der Waals surface area contributed by atoms with Gasteiger partial charge in [0.25, 0.3) is 0 Å². The monoisotopic (exact) mass is 267 g/mol. The van der Waals surface area contributed by atoms with Crippen molar-refractivity contribution in [3.05, 3.63) is 34.9 Å². The third-order valence-corrected chi connectivity index (χ3v) is 6.97. The Labute approximate surface area is 121 Å². The molecule has 0 spiro atoms. The lowest BCUT2D eigenvalue weighted by Gasteiger charge is -2.21. The Hall–Kier alpha value is -0.820. The van der Waals surface area contributed by atoms with E-state index in [1.165, 1.54) is 50.5 Å². The van der Waals surface area contributed by atoms with Crippen LogP contribution in [0.3, 0.4) is 0 Å². The Morgan fingerprint density at radius 2 is 1.65 bits per heavy atom. The van der Waals surface area contributed by atoms with Crippen molar-refractivity contribution < 1.29 is 0 Å². The Balaban J connectivity index is 1.41. The van der Waals surface area contributed by atoms with Crippen molar-refractivity contribution >= 4 is 0 Å². The zero-order chi connectivity index (χ0) is 13.3. The molecule has 106 valence electrons. The summed E-state index contributed by atoms with van der Waals surface area (Å²) < 4.78 is 0. The quantitative estimate of drug-likeness (QED) is 0.865. The fourth-order valence-electron chi connectivity index (χ4n) is 6.06. The van der Waals surface area contributed by atoms with Crippen LogP contribution < -0.4 is 5.73 Å². The van der Waals surface area contributed by atoms with Crippen molar-refractivity contribution in [2.45, 2.75) is 51.0 Å². The predicted octanol–water partition coefficient (Wildman–Crippen LogP) is 3.86. The summed E-state index contributed by atoms with van der Waals surface area (Å²) in [6.45, 7) is 0. The molecule has 2 bridgehead atoms. The molecule has 0 amide bonds. The van der Waals surface area contributed by atoms with Gasteiger partial charge in [0.2, 0.25) is 0 Å². The first kappa shape index (κ1) is 11.8. The van der Waals surface area contributed by atoms with Crippen LogP contribution in [0.5, 0.6) is 0 Å². The first-order chi connectivity index (χ1) is 9.83. The van der Waals surface area contributed by atoms with Crippen LogP contribution in [0.15, 0.2) is 18.2 Å². The van der Waals surface area contributed by atoms with Crippen molar-refractivity contribution in [3.63, 3.8) is 0 Å². The van der Waals surface area contributed by atoms with Gasteiger partial charge in [-0.1, -0.05) is 18.2 Å². The van der Waals surface area contributed by atoms with Crippen LogP contribution in [-0.2, 0) is 12.8 Å². The molecule has 0 aromatic heterocycles. The van der Waals surface area contributed by atoms with Gasteiger partial charge in [0, 0.05) is 6.04 Å². The molecule has 2 N–H and O–H groups in total. The van der Waals surface area contributed by atoms with E-state index >= 15 is 0 Å². The minimum atomic E-state index is 0.320. The summed E-state index contributed by atoms with van der Waals surface area (Å²) >= 11 is 0. The van der Waals surface area contributed by atoms with Crippen LogP contribution in [0.4, 0.5) is 0 Å². The predicted molar refractivity (Wildman–Crippen MR) is 81.3 cm³/mol. The first-order valence-electron chi connectivity index (χ1n) is 8.70. The summed E-state index contributed by atoms with van der Waals surface area (Å²) in [5, 5.41) is 0. The van der Waals surface area contributed by atoms with Crippen LogP contribution in [0.1, 0.15) is 54.8 Å². The lowest BCUT2D eigenvalue weighted by atomic mass is 9.87. The van der Waals surface area contributed by atoms with Gasteiger partial charge >= 0.3 is 0 Å². The molecule has 3 fully saturated rings. The second kappa shape index (κ2) is 4.10. The average molecular weight is 267 g/mol. The van der Waals surface area contributed by atoms with E-state index in [4.69, 9.17) is 5.73 Å². The first-order valence-corrected chi connectivity index (χ1v) is 8.70. The van der Waals surface area contributed by atoms with E-state index in [0.29, 0.717) is 6.04 Å². The molecule has 1 nitrogen and oxygen atoms in total. The Morgan fingerprint density at radius 1 is 0.950 bits per heavy atom. The number of fused-ring (bicyclic) bond motifs is 6. The number of rotatable bonds is 2. The summed E-state index contributed by atoms with van der Waals surface area (Å²) in [4.78, 5) is 0. The summed E-state index contributed by atoms with van der Waals surface area (Å²) in [6, 6.07) is 7.48. The molecular formula is C19H25N. The van der Waals surface area contributed by atoms with Crippen molar-refractivity contribution in [1.29, 1.82) is 0 Å². The van der Waals surface area contributed by atoms with Gasteiger partial charge in [0.1, 0.15) is 0 Å². The molecular weight excluding hydrogens is 242 g/mol. The molecule has 5 unspecified atom stereocenters. The molecule has 1 heteroatoms. The highest BCUT2D eigenvalue weighted by atomic mass is 14.8. The maximum atomic E-state index is 6.68. The van der Waals surface area contributed by atoms with E-state index in [2.05, 4.69) is 18.2 Å². The summed E-state index contributed by atoms with van der Waals surface area (Å²) in [6.07, 6.45) is 9.82. The maximum Gasteiger partial charge on any atom is 0.0329 e. The van der Waals surface area contributed by atoms with Gasteiger partial charge in [-0.3, -0.25) is 0 Å². The normalized spacial score (nSPS) is 42.1. The number of hydrogen-bond donors (Lipinski definition) is 1. The fourth-order valence-corrected chi connectivity index (χ4v) is 6.06. The van der Waals surface area contributed by atoms with Gasteiger partial charge in [-0.05, 0) is 91.2 Å². The molecule has 5 rings (SSSR count). The Kier molecular flexibility index (Phi) is 2.42. The number of aryl methyl sites for hydroxylation is 2. The molecule has 4 aliphatic carbocycles. The second-order valence-corrected chi connectivity index (χ2v) is 7.83. The minimum absolute atomic E-state index is 0.320. The molecule has 0 radical (unpaired) electrons. The third kappa shape index (κ3) is 1.53. The van der Waals surface area contributed by atoms with Crippen LogP contribution in [0.25, 0.3) is 0 Å². The standard InChI is InChI=1S/C19H25N/c20-19(18-16-13-6-7-14(10-13)17(16)18)15-8-5-11-3-1-2-4-12(11)9-15/h5,8-9,13-14,16-19H,1-4,6-7,10,20H2. The molecule has 4 aliphatic rings. The van der Waals surface area contributed by atoms with E-state index in [1.54, 1.807) is 11.1 Å². The smallest absolute Gasteiger partial charge is 0.0329 e. The number of benzene rings is 1. The van der Waals surface area contributed by atoms with Gasteiger partial charge in [-0.2, -0.15) is 0 Å². The van der Waals surface area contributed by atoms with E-state index in [0.717, 1.165) is 29.6 Å². The van der Waals surface area contributed by atoms with E-state index < -0.39 is 0 Å². The third-order valence-electron chi connectivity index (χ3n) is 6.97. The second-order valence-electron chi connectivity index (χ2n) is 7.83. The molecule has 20 heavy (non-hydrogen) atoms. The van der Waals surface area contributed by atoms with Crippen molar-refractivity contribution in [3.8, 4) is 0 Å². The maximum absolute atomic E-state index is 6.68. The molecule has 1 aromatic carbocycles. The molecule has 0 saturated heterocycles. The average Bonchev–Trinajstić information content (AvgIpc) is 2.93. The molecule has 0 aliphatic heterocycles. The summed E-state index contributed by atoms with van der Waals surface area (Å²) in [5.41, 5.74) is 11.3. The summed E-state index contributed by atoms with van der Waals surface area (Å²) in [5.74, 6) is 4.90. The topological polar surface area (TPSA) is 26.0 Å². The van der Waals surface area contributed by atoms with E-state index in [1.807, 2.05) is 0 Å². The van der Waals surface area contributed by atoms with Gasteiger partial charge < -0.3 is 5.73 Å². The number of nitrogens with two attached hydrogens (primary N) is 1. The van der Waals surface area contributed by atoms with E-state index in [9.17, 15) is 0 Å². The van der Waals surface area contributed by atoms with Gasteiger partial charge in [-0.25, -0.2) is 0 Å². The molecule has 3 saturated carbocycles. The Bertz CT molecular complexity index is 533. The summed E-state index contributed by atoms with van der Waals surface area (Å²) in [7, 11) is 0. The highest BCUT2D eigenvalue weighted by molar-refractivity contribution is 5.36. The van der Waals surface area contributed by atoms with Crippen LogP contribution in [0.2, 0.25) is 0 Å². The highest BCUT2D eigenvalue weighted by Gasteiger charge is 2.66. The fraction of sp³-hybridized carbons (Fsp3) is 0.684. The van der Waals surface area contributed by atoms with Crippen molar-refractivity contribution in [1.82, 2.24) is 0 Å². The number of hydrogen-bond acceptors (Lipinski definition) is 1. The zero-order valence-corrected chi connectivity index (χ0v) is 12.2. The largest absolute Gasteiger partial charge is 0.324 e. The molecule has 5 atom stereocenters. The minimum Gasteiger partial charge on any atom is -0.324 e. The van der Waals surface area contributed by atoms with Crippen LogP contribution in [-0.4, -0.2) is 0 Å². The molecule has 0 heterocycles. The van der Waals surface area contributed by atoms with Crippen molar-refractivity contribution in [2.75, 3.05) is 0 Å². The van der Waals surface area contributed by atoms with Gasteiger partial charge in [0.15, 0.2) is 0 Å². The SMILES string of the molecule is NC(c1ccc2c(c1)CCCC2)C1C2C3CCC(C3)C21. The van der Waals surface area contributed by atoms with Gasteiger partial charge in [0.05, 0.1) is 0 Å². The van der Waals surface area contributed by atoms with Crippen LogP contribution in [0, 0.1) is 29.6 Å². The van der Waals surface area contributed by atoms with E-state index in [-0.39, 0.29) is 0 Å². The molecule has 1 aromatic rings. The van der Waals surface area contributed by atoms with Crippen molar-refractivity contribution in [2.24, 2.45) is 35.3 Å². The van der Waals surface area contributed by atoms with Crippen LogP contribution >= 0.6 is 0 Å². The zero-order valence-electron chi connectivity index (χ0n) is 12.2.